The Morgan fingerprint density at radius 1 is 0.900 bits per heavy atom. The fourth-order valence-corrected chi connectivity index (χ4v) is 5.50. The summed E-state index contributed by atoms with van der Waals surface area (Å²) < 4.78 is 0. The fraction of sp³-hybridized carbons (Fsp3) is 0.758. The van der Waals surface area contributed by atoms with Gasteiger partial charge in [0, 0.05) is 6.42 Å². The van der Waals surface area contributed by atoms with Gasteiger partial charge in [-0.15, -0.1) is 0 Å². The van der Waals surface area contributed by atoms with Gasteiger partial charge in [0.15, 0.2) is 0 Å². The number of amides is 2. The van der Waals surface area contributed by atoms with Gasteiger partial charge >= 0.3 is 0 Å². The van der Waals surface area contributed by atoms with E-state index in [1.807, 2.05) is 6.92 Å². The average molecular weight is 560 g/mol. The standard InChI is InChI=1S/C33H57N3O4/c1-6-33(22-37,23-38)36-32(40)30(35-31(39)29(20-25(4)5)34-19-18-24(2)3)21-28-16-14-27(15-17-28)13-12-26-10-8-7-9-11-26/h14-17,24-26,29-30,34,37-38H,6-13,18-23H2,1-5H3,(H,35,39)(H,36,40)/t29-,30+/m0/s1. The second-order valence-corrected chi connectivity index (χ2v) is 12.9. The van der Waals surface area contributed by atoms with Crippen molar-refractivity contribution in [1.82, 2.24) is 16.0 Å². The minimum absolute atomic E-state index is 0.197. The van der Waals surface area contributed by atoms with Gasteiger partial charge in [0.1, 0.15) is 6.04 Å². The molecule has 7 nitrogen and oxygen atoms in total. The maximum absolute atomic E-state index is 13.5. The molecule has 2 amide bonds. The summed E-state index contributed by atoms with van der Waals surface area (Å²) in [6.45, 7) is 10.3. The van der Waals surface area contributed by atoms with Gasteiger partial charge in [0.25, 0.3) is 0 Å². The minimum Gasteiger partial charge on any atom is -0.394 e. The van der Waals surface area contributed by atoms with E-state index in [1.54, 1.807) is 0 Å². The first-order valence-corrected chi connectivity index (χ1v) is 15.8. The number of hydrogen-bond donors (Lipinski definition) is 5. The van der Waals surface area contributed by atoms with E-state index in [9.17, 15) is 19.8 Å². The smallest absolute Gasteiger partial charge is 0.243 e. The van der Waals surface area contributed by atoms with E-state index in [-0.39, 0.29) is 19.1 Å². The molecular weight excluding hydrogens is 502 g/mol. The van der Waals surface area contributed by atoms with Crippen LogP contribution >= 0.6 is 0 Å². The van der Waals surface area contributed by atoms with E-state index >= 15 is 0 Å². The molecular formula is C33H57N3O4. The quantitative estimate of drug-likeness (QED) is 0.182. The van der Waals surface area contributed by atoms with E-state index < -0.39 is 23.5 Å². The molecule has 0 radical (unpaired) electrons. The molecule has 1 saturated carbocycles. The summed E-state index contributed by atoms with van der Waals surface area (Å²) in [5.41, 5.74) is 1.14. The van der Waals surface area contributed by atoms with Crippen LogP contribution in [0.15, 0.2) is 24.3 Å². The van der Waals surface area contributed by atoms with E-state index in [1.165, 1.54) is 44.1 Å². The topological polar surface area (TPSA) is 111 Å². The van der Waals surface area contributed by atoms with Gasteiger partial charge < -0.3 is 26.2 Å². The van der Waals surface area contributed by atoms with Crippen molar-refractivity contribution < 1.29 is 19.8 Å². The Balaban J connectivity index is 2.15. The van der Waals surface area contributed by atoms with Gasteiger partial charge in [-0.05, 0) is 67.5 Å². The van der Waals surface area contributed by atoms with Crippen LogP contribution < -0.4 is 16.0 Å². The predicted octanol–water partition coefficient (Wildman–Crippen LogP) is 4.53. The first-order valence-electron chi connectivity index (χ1n) is 15.8. The molecule has 1 aromatic carbocycles. The first kappa shape index (κ1) is 34.2. The maximum Gasteiger partial charge on any atom is 0.243 e. The SMILES string of the molecule is CCC(CO)(CO)NC(=O)[C@@H](Cc1ccc(CCC2CCCCC2)cc1)NC(=O)[C@H](CC(C)C)NCCC(C)C. The van der Waals surface area contributed by atoms with Gasteiger partial charge in [-0.25, -0.2) is 0 Å². The highest BCUT2D eigenvalue weighted by atomic mass is 16.3. The Bertz CT molecular complexity index is 853. The number of aliphatic hydroxyl groups excluding tert-OH is 2. The Morgan fingerprint density at radius 2 is 1.52 bits per heavy atom. The summed E-state index contributed by atoms with van der Waals surface area (Å²) >= 11 is 0. The van der Waals surface area contributed by atoms with Crippen LogP contribution in [0.2, 0.25) is 0 Å². The Kier molecular flexibility index (Phi) is 15.2. The van der Waals surface area contributed by atoms with Crippen molar-refractivity contribution in [3.8, 4) is 0 Å². The van der Waals surface area contributed by atoms with Gasteiger partial charge in [-0.2, -0.15) is 0 Å². The molecule has 2 rings (SSSR count). The van der Waals surface area contributed by atoms with Gasteiger partial charge in [0.2, 0.25) is 11.8 Å². The number of aliphatic hydroxyl groups is 2. The lowest BCUT2D eigenvalue weighted by molar-refractivity contribution is -0.132. The van der Waals surface area contributed by atoms with Crippen LogP contribution in [0.3, 0.4) is 0 Å². The predicted molar refractivity (Wildman–Crippen MR) is 163 cm³/mol. The van der Waals surface area contributed by atoms with Crippen molar-refractivity contribution in [3.05, 3.63) is 35.4 Å². The second kappa shape index (κ2) is 17.8. The zero-order valence-corrected chi connectivity index (χ0v) is 25.8. The van der Waals surface area contributed by atoms with E-state index in [0.29, 0.717) is 31.1 Å². The van der Waals surface area contributed by atoms with Crippen molar-refractivity contribution in [2.24, 2.45) is 17.8 Å². The van der Waals surface area contributed by atoms with E-state index in [0.717, 1.165) is 30.9 Å². The summed E-state index contributed by atoms with van der Waals surface area (Å²) in [5.74, 6) is 1.08. The third-order valence-electron chi connectivity index (χ3n) is 8.47. The fourth-order valence-electron chi connectivity index (χ4n) is 5.50. The molecule has 7 heteroatoms. The molecule has 0 spiro atoms. The first-order chi connectivity index (χ1) is 19.1. The maximum atomic E-state index is 13.5. The van der Waals surface area contributed by atoms with Crippen LogP contribution in [0.25, 0.3) is 0 Å². The minimum atomic E-state index is -1.13. The summed E-state index contributed by atoms with van der Waals surface area (Å²) in [7, 11) is 0. The van der Waals surface area contributed by atoms with Crippen LogP contribution in [-0.4, -0.2) is 59.4 Å². The molecule has 40 heavy (non-hydrogen) atoms. The van der Waals surface area contributed by atoms with E-state index in [2.05, 4.69) is 67.9 Å². The molecule has 0 bridgehead atoms. The molecule has 1 aromatic rings. The third kappa shape index (κ3) is 11.9. The number of benzene rings is 1. The highest BCUT2D eigenvalue weighted by molar-refractivity contribution is 5.90. The number of carbonyl (C=O) groups is 2. The van der Waals surface area contributed by atoms with Crippen LogP contribution in [0.5, 0.6) is 0 Å². The highest BCUT2D eigenvalue weighted by Gasteiger charge is 2.33. The van der Waals surface area contributed by atoms with E-state index in [4.69, 9.17) is 0 Å². The van der Waals surface area contributed by atoms with Crippen molar-refractivity contribution in [3.63, 3.8) is 0 Å². The Labute approximate surface area is 243 Å². The zero-order chi connectivity index (χ0) is 29.5. The highest BCUT2D eigenvalue weighted by Crippen LogP contribution is 2.27. The summed E-state index contributed by atoms with van der Waals surface area (Å²) in [6.07, 6.45) is 11.4. The number of rotatable bonds is 18. The molecule has 1 fully saturated rings. The van der Waals surface area contributed by atoms with Crippen molar-refractivity contribution in [1.29, 1.82) is 0 Å². The van der Waals surface area contributed by atoms with Gasteiger partial charge in [-0.3, -0.25) is 9.59 Å². The molecule has 1 aliphatic rings. The Hall–Kier alpha value is -1.96. The molecule has 0 aromatic heterocycles. The third-order valence-corrected chi connectivity index (χ3v) is 8.47. The van der Waals surface area contributed by atoms with Gasteiger partial charge in [0.05, 0.1) is 24.8 Å². The normalized spacial score (nSPS) is 16.2. The number of hydrogen-bond acceptors (Lipinski definition) is 5. The van der Waals surface area contributed by atoms with Crippen LogP contribution in [0.4, 0.5) is 0 Å². The molecule has 0 saturated heterocycles. The second-order valence-electron chi connectivity index (χ2n) is 12.9. The molecule has 0 heterocycles. The zero-order valence-electron chi connectivity index (χ0n) is 25.8. The molecule has 1 aliphatic carbocycles. The Morgan fingerprint density at radius 3 is 2.08 bits per heavy atom. The molecule has 5 N–H and O–H groups in total. The lowest BCUT2D eigenvalue weighted by Crippen LogP contribution is -2.60. The molecule has 0 aliphatic heterocycles. The lowest BCUT2D eigenvalue weighted by Gasteiger charge is -2.32. The molecule has 0 unspecified atom stereocenters. The summed E-state index contributed by atoms with van der Waals surface area (Å²) in [5, 5.41) is 29.1. The lowest BCUT2D eigenvalue weighted by atomic mass is 9.85. The largest absolute Gasteiger partial charge is 0.394 e. The van der Waals surface area contributed by atoms with Gasteiger partial charge in [-0.1, -0.05) is 91.0 Å². The number of carbonyl (C=O) groups excluding carboxylic acids is 2. The molecule has 228 valence electrons. The van der Waals surface area contributed by atoms with Crippen LogP contribution in [-0.2, 0) is 22.4 Å². The van der Waals surface area contributed by atoms with Crippen molar-refractivity contribution in [2.75, 3.05) is 19.8 Å². The summed E-state index contributed by atoms with van der Waals surface area (Å²) in [4.78, 5) is 27.0. The van der Waals surface area contributed by atoms with Crippen molar-refractivity contribution >= 4 is 11.8 Å². The monoisotopic (exact) mass is 559 g/mol. The van der Waals surface area contributed by atoms with Crippen LogP contribution in [0, 0.1) is 17.8 Å². The van der Waals surface area contributed by atoms with Crippen molar-refractivity contribution in [2.45, 2.75) is 123 Å². The summed E-state index contributed by atoms with van der Waals surface area (Å²) in [6, 6.07) is 7.17. The number of nitrogens with one attached hydrogen (secondary N) is 3. The molecule has 2 atom stereocenters. The average Bonchev–Trinajstić information content (AvgIpc) is 2.94. The van der Waals surface area contributed by atoms with Crippen LogP contribution in [0.1, 0.15) is 104 Å². The number of aryl methyl sites for hydroxylation is 1.